The van der Waals surface area contributed by atoms with Crippen LogP contribution < -0.4 is 10.6 Å². The van der Waals surface area contributed by atoms with Gasteiger partial charge in [0.25, 0.3) is 0 Å². The molecule has 3 heteroatoms. The summed E-state index contributed by atoms with van der Waals surface area (Å²) >= 11 is 3.56. The van der Waals surface area contributed by atoms with E-state index in [1.54, 1.807) is 0 Å². The second kappa shape index (κ2) is 23.2. The van der Waals surface area contributed by atoms with Crippen LogP contribution >= 0.6 is 15.9 Å². The summed E-state index contributed by atoms with van der Waals surface area (Å²) in [4.78, 5) is 2.51. The minimum absolute atomic E-state index is 0.118. The lowest BCUT2D eigenvalue weighted by Gasteiger charge is -2.31. The maximum atomic E-state index is 6.24. The van der Waals surface area contributed by atoms with Crippen LogP contribution in [0.5, 0.6) is 0 Å². The van der Waals surface area contributed by atoms with Crippen molar-refractivity contribution in [2.45, 2.75) is 57.8 Å². The van der Waals surface area contributed by atoms with Crippen molar-refractivity contribution >= 4 is 60.2 Å². The van der Waals surface area contributed by atoms with Gasteiger partial charge in [-0.1, -0.05) is 294 Å². The van der Waals surface area contributed by atoms with Gasteiger partial charge in [0, 0.05) is 48.9 Å². The van der Waals surface area contributed by atoms with Gasteiger partial charge in [0.2, 0.25) is 0 Å². The third kappa shape index (κ3) is 10.2. The molecule has 92 heavy (non-hydrogen) atoms. The molecular formula is C89H71BrN2. The molecule has 444 valence electrons. The molecule has 0 heterocycles. The molecular weight excluding hydrogens is 1180 g/mol. The highest BCUT2D eigenvalue weighted by Gasteiger charge is 2.39. The van der Waals surface area contributed by atoms with Crippen LogP contribution in [0.3, 0.4) is 0 Å². The van der Waals surface area contributed by atoms with Gasteiger partial charge in [-0.2, -0.15) is 0 Å². The van der Waals surface area contributed by atoms with Crippen molar-refractivity contribution in [3.63, 3.8) is 0 Å². The Morgan fingerprint density at radius 1 is 0.250 bits per heavy atom. The summed E-state index contributed by atoms with van der Waals surface area (Å²) in [5, 5.41) is 4.96. The molecule has 0 radical (unpaired) electrons. The molecule has 0 atom stereocenters. The third-order valence-electron chi connectivity index (χ3n) is 19.8. The molecule has 2 N–H and O–H groups in total. The van der Waals surface area contributed by atoms with E-state index in [1.165, 1.54) is 122 Å². The van der Waals surface area contributed by atoms with E-state index >= 15 is 0 Å². The minimum Gasteiger partial charge on any atom is -0.398 e. The number of benzene rings is 14. The molecule has 0 aliphatic heterocycles. The summed E-state index contributed by atoms with van der Waals surface area (Å²) in [7, 11) is 0. The predicted octanol–water partition coefficient (Wildman–Crippen LogP) is 24.8. The van der Waals surface area contributed by atoms with Crippen molar-refractivity contribution in [2.75, 3.05) is 10.6 Å². The molecule has 0 unspecified atom stereocenters. The zero-order valence-corrected chi connectivity index (χ0v) is 54.4. The van der Waals surface area contributed by atoms with Crippen LogP contribution in [0.1, 0.15) is 74.9 Å². The predicted molar refractivity (Wildman–Crippen MR) is 396 cm³/mol. The highest BCUT2D eigenvalue weighted by atomic mass is 79.9. The first-order valence-electron chi connectivity index (χ1n) is 32.0. The fourth-order valence-electron chi connectivity index (χ4n) is 14.9. The van der Waals surface area contributed by atoms with Gasteiger partial charge in [-0.25, -0.2) is 0 Å². The topological polar surface area (TPSA) is 29.3 Å². The quantitative estimate of drug-likeness (QED) is 0.161. The van der Waals surface area contributed by atoms with Crippen molar-refractivity contribution < 1.29 is 0 Å². The molecule has 0 bridgehead atoms. The summed E-state index contributed by atoms with van der Waals surface area (Å²) in [6.45, 7) is 14.1. The standard InChI is InChI=1S/C52H41N.C22H17N.C15H13Br/c1-51(2)46-20-12-10-18-41(46)43-27-25-39(32-48(43)51)53(40-26-28-44-42-19-11-13-21-47(42)52(3,4)49(44)33-40)50-29-24-37(34-14-6-5-7-15-34)31-45(50)38-23-22-35-16-8-9-17-36(35)30-38;23-22-13-12-19(16-6-2-1-3-7-16)15-21(22)20-11-10-17-8-4-5-9-18(17)14-20;1-15(2)13-6-4-3-5-11(13)12-8-7-10(16)9-14(12)15/h5-33H,1-4H3;1-15H,23H2;3-9H,1-2H3. The second-order valence-corrected chi connectivity index (χ2v) is 27.3. The fraction of sp³-hybridized carbons (Fsp3) is 0.101. The molecule has 14 aromatic carbocycles. The van der Waals surface area contributed by atoms with Crippen LogP contribution in [0.2, 0.25) is 0 Å². The molecule has 14 aromatic rings. The van der Waals surface area contributed by atoms with E-state index in [0.29, 0.717) is 0 Å². The fourth-order valence-corrected chi connectivity index (χ4v) is 15.2. The monoisotopic (exact) mass is 1250 g/mol. The third-order valence-corrected chi connectivity index (χ3v) is 20.3. The number of halogens is 1. The first-order chi connectivity index (χ1) is 44.7. The largest absolute Gasteiger partial charge is 0.398 e. The van der Waals surface area contributed by atoms with Gasteiger partial charge in [0.1, 0.15) is 0 Å². The molecule has 2 nitrogen and oxygen atoms in total. The number of rotatable bonds is 7. The Hall–Kier alpha value is -10.3. The highest BCUT2D eigenvalue weighted by Crippen LogP contribution is 2.55. The second-order valence-electron chi connectivity index (χ2n) is 26.4. The average molecular weight is 1250 g/mol. The zero-order valence-electron chi connectivity index (χ0n) is 52.8. The van der Waals surface area contributed by atoms with E-state index in [-0.39, 0.29) is 16.2 Å². The van der Waals surface area contributed by atoms with Crippen molar-refractivity contribution in [3.8, 4) is 77.9 Å². The number of nitrogen functional groups attached to an aromatic ring is 1. The average Bonchev–Trinajstić information content (AvgIpc) is 1.57. The smallest absolute Gasteiger partial charge is 0.0540 e. The Morgan fingerprint density at radius 3 is 1.09 bits per heavy atom. The van der Waals surface area contributed by atoms with Crippen LogP contribution in [0.4, 0.5) is 22.7 Å². The molecule has 3 aliphatic carbocycles. The van der Waals surface area contributed by atoms with E-state index in [0.717, 1.165) is 38.3 Å². The Kier molecular flexibility index (Phi) is 14.6. The number of nitrogens with zero attached hydrogens (tertiary/aromatic N) is 1. The molecule has 0 aromatic heterocycles. The first kappa shape index (κ1) is 58.1. The molecule has 0 fully saturated rings. The molecule has 0 spiro atoms. The summed E-state index contributed by atoms with van der Waals surface area (Å²) in [6, 6.07) is 112. The Balaban J connectivity index is 0.000000146. The van der Waals surface area contributed by atoms with Crippen LogP contribution in [0.25, 0.3) is 99.4 Å². The maximum Gasteiger partial charge on any atom is 0.0540 e. The Bertz CT molecular complexity index is 5060. The normalized spacial score (nSPS) is 13.7. The van der Waals surface area contributed by atoms with Crippen molar-refractivity contribution in [3.05, 3.63) is 347 Å². The Morgan fingerprint density at radius 2 is 0.609 bits per heavy atom. The SMILES string of the molecule is CC1(C)c2ccccc2-c2ccc(Br)cc21.CC1(C)c2ccccc2-c2ccc(N(c3ccc4c(c3)C(C)(C)c3ccccc3-4)c3ccc(-c4ccccc4)cc3-c3ccc4ccccc4c3)cc21.Nc1ccc(-c2ccccc2)cc1-c1ccc2ccccc2c1. The zero-order chi connectivity index (χ0) is 62.9. The molecule has 0 amide bonds. The van der Waals surface area contributed by atoms with Gasteiger partial charge in [0.15, 0.2) is 0 Å². The van der Waals surface area contributed by atoms with Crippen LogP contribution in [0, 0.1) is 0 Å². The van der Waals surface area contributed by atoms with Gasteiger partial charge in [-0.15, -0.1) is 0 Å². The lowest BCUT2D eigenvalue weighted by molar-refractivity contribution is 0.660. The number of anilines is 4. The lowest BCUT2D eigenvalue weighted by atomic mass is 9.82. The maximum absolute atomic E-state index is 6.24. The summed E-state index contributed by atoms with van der Waals surface area (Å²) in [5.74, 6) is 0. The Labute approximate surface area is 550 Å². The van der Waals surface area contributed by atoms with Gasteiger partial charge >= 0.3 is 0 Å². The first-order valence-corrected chi connectivity index (χ1v) is 32.8. The summed E-state index contributed by atoms with van der Waals surface area (Å²) < 4.78 is 1.16. The minimum atomic E-state index is -0.118. The van der Waals surface area contributed by atoms with E-state index in [9.17, 15) is 0 Å². The van der Waals surface area contributed by atoms with E-state index < -0.39 is 0 Å². The summed E-state index contributed by atoms with van der Waals surface area (Å²) in [6.07, 6.45) is 0. The highest BCUT2D eigenvalue weighted by molar-refractivity contribution is 9.10. The van der Waals surface area contributed by atoms with Gasteiger partial charge < -0.3 is 10.6 Å². The summed E-state index contributed by atoms with van der Waals surface area (Å²) in [5.41, 5.74) is 36.3. The van der Waals surface area contributed by atoms with E-state index in [4.69, 9.17) is 5.73 Å². The molecule has 0 saturated carbocycles. The van der Waals surface area contributed by atoms with Gasteiger partial charge in [-0.05, 0) is 194 Å². The molecule has 3 aliphatic rings. The molecule has 17 rings (SSSR count). The lowest BCUT2D eigenvalue weighted by Crippen LogP contribution is -2.18. The molecule has 0 saturated heterocycles. The van der Waals surface area contributed by atoms with Crippen molar-refractivity contribution in [1.82, 2.24) is 0 Å². The van der Waals surface area contributed by atoms with E-state index in [2.05, 4.69) is 360 Å². The van der Waals surface area contributed by atoms with E-state index in [1.807, 2.05) is 12.1 Å². The van der Waals surface area contributed by atoms with Crippen LogP contribution in [0.15, 0.2) is 314 Å². The van der Waals surface area contributed by atoms with Crippen LogP contribution in [-0.2, 0) is 16.2 Å². The number of fused-ring (bicyclic) bond motifs is 11. The van der Waals surface area contributed by atoms with Crippen LogP contribution in [-0.4, -0.2) is 0 Å². The number of hydrogen-bond acceptors (Lipinski definition) is 2. The van der Waals surface area contributed by atoms with Crippen molar-refractivity contribution in [2.24, 2.45) is 0 Å². The van der Waals surface area contributed by atoms with Gasteiger partial charge in [0.05, 0.1) is 5.69 Å². The van der Waals surface area contributed by atoms with Crippen molar-refractivity contribution in [1.29, 1.82) is 0 Å². The van der Waals surface area contributed by atoms with Gasteiger partial charge in [-0.3, -0.25) is 0 Å². The number of hydrogen-bond donors (Lipinski definition) is 1. The number of nitrogens with two attached hydrogens (primary N) is 1.